The third-order valence-corrected chi connectivity index (χ3v) is 3.16. The summed E-state index contributed by atoms with van der Waals surface area (Å²) in [5.74, 6) is 1.19. The maximum Gasteiger partial charge on any atom is 0.123 e. The zero-order valence-electron chi connectivity index (χ0n) is 9.51. The molecular formula is C14H15N3. The van der Waals surface area contributed by atoms with Gasteiger partial charge in [0, 0.05) is 12.0 Å². The first-order chi connectivity index (χ1) is 8.33. The number of nitrogen functional groups attached to an aromatic ring is 1. The van der Waals surface area contributed by atoms with E-state index in [9.17, 15) is 0 Å². The topological polar surface area (TPSA) is 50.9 Å². The van der Waals surface area contributed by atoms with E-state index in [0.29, 0.717) is 17.8 Å². The molecule has 17 heavy (non-hydrogen) atoms. The highest BCUT2D eigenvalue weighted by Gasteiger charge is 2.38. The third kappa shape index (κ3) is 2.23. The van der Waals surface area contributed by atoms with Gasteiger partial charge < -0.3 is 11.1 Å². The molecule has 0 amide bonds. The Bertz CT molecular complexity index is 493. The summed E-state index contributed by atoms with van der Waals surface area (Å²) in [6.07, 6.45) is 2.98. The van der Waals surface area contributed by atoms with E-state index in [1.54, 1.807) is 6.20 Å². The minimum Gasteiger partial charge on any atom is -0.384 e. The summed E-state index contributed by atoms with van der Waals surface area (Å²) in [5.41, 5.74) is 8.01. The molecule has 0 bridgehead atoms. The van der Waals surface area contributed by atoms with Gasteiger partial charge in [0.25, 0.3) is 0 Å². The van der Waals surface area contributed by atoms with Gasteiger partial charge >= 0.3 is 0 Å². The minimum absolute atomic E-state index is 0.530. The van der Waals surface area contributed by atoms with E-state index in [1.165, 1.54) is 12.0 Å². The Hall–Kier alpha value is -2.03. The van der Waals surface area contributed by atoms with Crippen LogP contribution >= 0.6 is 0 Å². The zero-order chi connectivity index (χ0) is 11.7. The lowest BCUT2D eigenvalue weighted by atomic mass is 10.1. The van der Waals surface area contributed by atoms with Gasteiger partial charge in [-0.15, -0.1) is 0 Å². The molecule has 0 radical (unpaired) electrons. The summed E-state index contributed by atoms with van der Waals surface area (Å²) in [6, 6.07) is 14.9. The molecule has 1 fully saturated rings. The molecule has 1 aliphatic rings. The van der Waals surface area contributed by atoms with Crippen LogP contribution in [0.2, 0.25) is 0 Å². The fourth-order valence-electron chi connectivity index (χ4n) is 2.13. The second kappa shape index (κ2) is 4.09. The SMILES string of the molecule is Nc1ccc(NC2CC2c2ccccc2)cn1. The molecule has 3 N–H and O–H groups in total. The number of nitrogens with one attached hydrogen (secondary N) is 1. The highest BCUT2D eigenvalue weighted by atomic mass is 15.0. The molecule has 0 aliphatic heterocycles. The van der Waals surface area contributed by atoms with E-state index in [1.807, 2.05) is 12.1 Å². The number of hydrogen-bond donors (Lipinski definition) is 2. The molecule has 1 aromatic heterocycles. The lowest BCUT2D eigenvalue weighted by Gasteiger charge is -2.05. The quantitative estimate of drug-likeness (QED) is 0.844. The van der Waals surface area contributed by atoms with Crippen LogP contribution in [0, 0.1) is 0 Å². The molecule has 1 saturated carbocycles. The van der Waals surface area contributed by atoms with Gasteiger partial charge in [-0.05, 0) is 24.1 Å². The second-order valence-electron chi connectivity index (χ2n) is 4.48. The van der Waals surface area contributed by atoms with Crippen LogP contribution in [0.15, 0.2) is 48.7 Å². The van der Waals surface area contributed by atoms with Crippen molar-refractivity contribution < 1.29 is 0 Å². The highest BCUT2D eigenvalue weighted by Crippen LogP contribution is 2.42. The van der Waals surface area contributed by atoms with Gasteiger partial charge in [-0.3, -0.25) is 0 Å². The van der Waals surface area contributed by atoms with Gasteiger partial charge in [-0.1, -0.05) is 30.3 Å². The Labute approximate surface area is 101 Å². The number of hydrogen-bond acceptors (Lipinski definition) is 3. The Morgan fingerprint density at radius 2 is 1.94 bits per heavy atom. The molecule has 1 heterocycles. The van der Waals surface area contributed by atoms with Crippen molar-refractivity contribution in [2.45, 2.75) is 18.4 Å². The number of anilines is 2. The maximum absolute atomic E-state index is 5.55. The van der Waals surface area contributed by atoms with Crippen molar-refractivity contribution in [1.29, 1.82) is 0 Å². The molecule has 0 spiro atoms. The molecule has 3 heteroatoms. The van der Waals surface area contributed by atoms with Crippen LogP contribution in [-0.2, 0) is 0 Å². The molecule has 1 aromatic carbocycles. The third-order valence-electron chi connectivity index (χ3n) is 3.16. The monoisotopic (exact) mass is 225 g/mol. The molecule has 0 saturated heterocycles. The van der Waals surface area contributed by atoms with E-state index in [2.05, 4.69) is 40.6 Å². The molecule has 3 rings (SSSR count). The number of aromatic nitrogens is 1. The molecule has 3 nitrogen and oxygen atoms in total. The van der Waals surface area contributed by atoms with E-state index in [-0.39, 0.29) is 0 Å². The fourth-order valence-corrected chi connectivity index (χ4v) is 2.13. The van der Waals surface area contributed by atoms with Crippen molar-refractivity contribution in [2.75, 3.05) is 11.1 Å². The van der Waals surface area contributed by atoms with E-state index in [0.717, 1.165) is 5.69 Å². The Kier molecular flexibility index (Phi) is 2.44. The number of nitrogens with zero attached hydrogens (tertiary/aromatic N) is 1. The van der Waals surface area contributed by atoms with Crippen LogP contribution in [0.25, 0.3) is 0 Å². The highest BCUT2D eigenvalue weighted by molar-refractivity contribution is 5.48. The Morgan fingerprint density at radius 3 is 2.65 bits per heavy atom. The van der Waals surface area contributed by atoms with Crippen molar-refractivity contribution in [3.8, 4) is 0 Å². The Morgan fingerprint density at radius 1 is 1.12 bits per heavy atom. The van der Waals surface area contributed by atoms with Crippen LogP contribution < -0.4 is 11.1 Å². The minimum atomic E-state index is 0.530. The molecule has 2 unspecified atom stereocenters. The lowest BCUT2D eigenvalue weighted by molar-refractivity contribution is 1.04. The second-order valence-corrected chi connectivity index (χ2v) is 4.48. The van der Waals surface area contributed by atoms with Gasteiger partial charge in [-0.2, -0.15) is 0 Å². The summed E-state index contributed by atoms with van der Waals surface area (Å²) in [7, 11) is 0. The standard InChI is InChI=1S/C14H15N3/c15-14-7-6-11(9-16-14)17-13-8-12(13)10-4-2-1-3-5-10/h1-7,9,12-13,17H,8H2,(H2,15,16). The van der Waals surface area contributed by atoms with Crippen molar-refractivity contribution in [3.63, 3.8) is 0 Å². The summed E-state index contributed by atoms with van der Waals surface area (Å²) in [4.78, 5) is 4.07. The van der Waals surface area contributed by atoms with Gasteiger partial charge in [0.2, 0.25) is 0 Å². The summed E-state index contributed by atoms with van der Waals surface area (Å²) in [5, 5.41) is 3.47. The van der Waals surface area contributed by atoms with Crippen molar-refractivity contribution in [3.05, 3.63) is 54.2 Å². The number of pyridine rings is 1. The van der Waals surface area contributed by atoms with Crippen LogP contribution in [0.1, 0.15) is 17.9 Å². The van der Waals surface area contributed by atoms with Crippen molar-refractivity contribution >= 4 is 11.5 Å². The average molecular weight is 225 g/mol. The maximum atomic E-state index is 5.55. The normalized spacial score (nSPS) is 22.1. The van der Waals surface area contributed by atoms with E-state index >= 15 is 0 Å². The molecule has 1 aliphatic carbocycles. The van der Waals surface area contributed by atoms with E-state index in [4.69, 9.17) is 5.73 Å². The van der Waals surface area contributed by atoms with Gasteiger partial charge in [0.05, 0.1) is 11.9 Å². The number of nitrogens with two attached hydrogens (primary N) is 1. The predicted octanol–water partition coefficient (Wildman–Crippen LogP) is 2.63. The number of rotatable bonds is 3. The van der Waals surface area contributed by atoms with Crippen molar-refractivity contribution in [2.24, 2.45) is 0 Å². The molecular weight excluding hydrogens is 210 g/mol. The first-order valence-electron chi connectivity index (χ1n) is 5.86. The van der Waals surface area contributed by atoms with Gasteiger partial charge in [0.1, 0.15) is 5.82 Å². The number of benzene rings is 1. The smallest absolute Gasteiger partial charge is 0.123 e. The fraction of sp³-hybridized carbons (Fsp3) is 0.214. The van der Waals surface area contributed by atoms with Crippen LogP contribution in [0.3, 0.4) is 0 Å². The van der Waals surface area contributed by atoms with Gasteiger partial charge in [0.15, 0.2) is 0 Å². The van der Waals surface area contributed by atoms with Crippen LogP contribution in [0.4, 0.5) is 11.5 Å². The van der Waals surface area contributed by atoms with E-state index < -0.39 is 0 Å². The largest absolute Gasteiger partial charge is 0.384 e. The summed E-state index contributed by atoms with van der Waals surface area (Å²) >= 11 is 0. The van der Waals surface area contributed by atoms with Crippen LogP contribution in [-0.4, -0.2) is 11.0 Å². The Balaban J connectivity index is 1.64. The summed E-state index contributed by atoms with van der Waals surface area (Å²) < 4.78 is 0. The lowest BCUT2D eigenvalue weighted by Crippen LogP contribution is -2.04. The first-order valence-corrected chi connectivity index (χ1v) is 5.86. The van der Waals surface area contributed by atoms with Crippen LogP contribution in [0.5, 0.6) is 0 Å². The first kappa shape index (κ1) is 10.1. The molecule has 2 atom stereocenters. The zero-order valence-corrected chi connectivity index (χ0v) is 9.51. The molecule has 86 valence electrons. The van der Waals surface area contributed by atoms with Crippen molar-refractivity contribution in [1.82, 2.24) is 4.98 Å². The summed E-state index contributed by atoms with van der Waals surface area (Å²) in [6.45, 7) is 0. The molecule has 2 aromatic rings. The average Bonchev–Trinajstić information content (AvgIpc) is 3.13. The predicted molar refractivity (Wildman–Crippen MR) is 69.9 cm³/mol. The van der Waals surface area contributed by atoms with Gasteiger partial charge in [-0.25, -0.2) is 4.98 Å².